The molecule has 4 N–H and O–H groups in total. The summed E-state index contributed by atoms with van der Waals surface area (Å²) in [6.45, 7) is 1.31. The fraction of sp³-hybridized carbons (Fsp3) is 0.533. The molecule has 102 valence electrons. The van der Waals surface area contributed by atoms with Gasteiger partial charge in [-0.05, 0) is 54.7 Å². The third kappa shape index (κ3) is 2.89. The van der Waals surface area contributed by atoms with Crippen LogP contribution >= 0.6 is 0 Å². The minimum absolute atomic E-state index is 0.110. The molecule has 3 rings (SSSR count). The maximum absolute atomic E-state index is 11.9. The van der Waals surface area contributed by atoms with Crippen molar-refractivity contribution in [2.75, 3.05) is 11.9 Å². The Morgan fingerprint density at radius 2 is 2.16 bits per heavy atom. The minimum Gasteiger partial charge on any atom is -0.337 e. The number of amides is 2. The molecule has 4 heteroatoms. The fourth-order valence-corrected chi connectivity index (χ4v) is 2.79. The van der Waals surface area contributed by atoms with E-state index in [0.717, 1.165) is 23.7 Å². The molecule has 2 aliphatic rings. The second-order valence-corrected chi connectivity index (χ2v) is 5.85. The number of anilines is 1. The first kappa shape index (κ1) is 12.5. The number of hydrogen-bond acceptors (Lipinski definition) is 2. The van der Waals surface area contributed by atoms with Gasteiger partial charge in [0.15, 0.2) is 0 Å². The van der Waals surface area contributed by atoms with Crippen LogP contribution in [0.1, 0.15) is 31.2 Å². The molecule has 0 atom stereocenters. The SMILES string of the molecule is NCc1cccc(NC(=O)NCC2(C3CC3)CC2)c1. The molecule has 0 aliphatic heterocycles. The number of hydrogen-bond donors (Lipinski definition) is 3. The summed E-state index contributed by atoms with van der Waals surface area (Å²) in [6, 6.07) is 7.54. The number of benzene rings is 1. The number of carbonyl (C=O) groups is 1. The summed E-state index contributed by atoms with van der Waals surface area (Å²) >= 11 is 0. The van der Waals surface area contributed by atoms with E-state index in [2.05, 4.69) is 10.6 Å². The van der Waals surface area contributed by atoms with Crippen molar-refractivity contribution in [1.29, 1.82) is 0 Å². The second-order valence-electron chi connectivity index (χ2n) is 5.85. The fourth-order valence-electron chi connectivity index (χ4n) is 2.79. The van der Waals surface area contributed by atoms with Gasteiger partial charge in [0.25, 0.3) is 0 Å². The van der Waals surface area contributed by atoms with Crippen molar-refractivity contribution < 1.29 is 4.79 Å². The van der Waals surface area contributed by atoms with Crippen LogP contribution in [-0.4, -0.2) is 12.6 Å². The van der Waals surface area contributed by atoms with Crippen molar-refractivity contribution in [3.05, 3.63) is 29.8 Å². The molecule has 1 aromatic rings. The third-order valence-corrected chi connectivity index (χ3v) is 4.36. The summed E-state index contributed by atoms with van der Waals surface area (Å²) in [4.78, 5) is 11.9. The molecule has 0 heterocycles. The average Bonchev–Trinajstić information content (AvgIpc) is 3.28. The van der Waals surface area contributed by atoms with E-state index in [-0.39, 0.29) is 6.03 Å². The first-order valence-electron chi connectivity index (χ1n) is 7.06. The lowest BCUT2D eigenvalue weighted by molar-refractivity contribution is 0.248. The summed E-state index contributed by atoms with van der Waals surface area (Å²) in [6.07, 6.45) is 5.25. The van der Waals surface area contributed by atoms with Crippen molar-refractivity contribution in [3.8, 4) is 0 Å². The van der Waals surface area contributed by atoms with Crippen LogP contribution in [0.25, 0.3) is 0 Å². The van der Waals surface area contributed by atoms with Crippen LogP contribution in [0.15, 0.2) is 24.3 Å². The van der Waals surface area contributed by atoms with Crippen LogP contribution in [0.2, 0.25) is 0 Å². The molecular formula is C15H21N3O. The molecule has 0 saturated heterocycles. The topological polar surface area (TPSA) is 67.1 Å². The Kier molecular flexibility index (Phi) is 3.19. The molecule has 2 aliphatic carbocycles. The van der Waals surface area contributed by atoms with Gasteiger partial charge in [0.1, 0.15) is 0 Å². The maximum Gasteiger partial charge on any atom is 0.319 e. The van der Waals surface area contributed by atoms with Crippen molar-refractivity contribution >= 4 is 11.7 Å². The highest BCUT2D eigenvalue weighted by Gasteiger charge is 2.53. The van der Waals surface area contributed by atoms with E-state index in [1.54, 1.807) is 0 Å². The van der Waals surface area contributed by atoms with Gasteiger partial charge < -0.3 is 16.4 Å². The normalized spacial score (nSPS) is 19.8. The number of rotatable bonds is 5. The molecule has 2 fully saturated rings. The molecule has 0 bridgehead atoms. The molecular weight excluding hydrogens is 238 g/mol. The highest BCUT2D eigenvalue weighted by Crippen LogP contribution is 2.60. The number of nitrogens with two attached hydrogens (primary N) is 1. The monoisotopic (exact) mass is 259 g/mol. The Hall–Kier alpha value is -1.55. The van der Waals surface area contributed by atoms with E-state index in [1.165, 1.54) is 25.7 Å². The molecule has 0 spiro atoms. The van der Waals surface area contributed by atoms with Gasteiger partial charge in [0.05, 0.1) is 0 Å². The van der Waals surface area contributed by atoms with Gasteiger partial charge in [-0.25, -0.2) is 4.79 Å². The summed E-state index contributed by atoms with van der Waals surface area (Å²) in [5.41, 5.74) is 7.85. The van der Waals surface area contributed by atoms with Gasteiger partial charge in [-0.15, -0.1) is 0 Å². The van der Waals surface area contributed by atoms with E-state index in [0.29, 0.717) is 12.0 Å². The van der Waals surface area contributed by atoms with Crippen molar-refractivity contribution in [2.24, 2.45) is 17.1 Å². The molecule has 1 aromatic carbocycles. The van der Waals surface area contributed by atoms with Gasteiger partial charge in [0, 0.05) is 18.8 Å². The zero-order valence-electron chi connectivity index (χ0n) is 11.1. The lowest BCUT2D eigenvalue weighted by Crippen LogP contribution is -2.34. The van der Waals surface area contributed by atoms with Crippen LogP contribution in [-0.2, 0) is 6.54 Å². The van der Waals surface area contributed by atoms with E-state index in [4.69, 9.17) is 5.73 Å². The smallest absolute Gasteiger partial charge is 0.319 e. The Morgan fingerprint density at radius 3 is 2.79 bits per heavy atom. The van der Waals surface area contributed by atoms with E-state index in [9.17, 15) is 4.79 Å². The molecule has 2 saturated carbocycles. The Morgan fingerprint density at radius 1 is 1.37 bits per heavy atom. The molecule has 4 nitrogen and oxygen atoms in total. The summed E-state index contributed by atoms with van der Waals surface area (Å²) in [7, 11) is 0. The highest BCUT2D eigenvalue weighted by atomic mass is 16.2. The molecule has 0 aromatic heterocycles. The molecule has 0 unspecified atom stereocenters. The van der Waals surface area contributed by atoms with Gasteiger partial charge in [-0.3, -0.25) is 0 Å². The number of urea groups is 1. The standard InChI is InChI=1S/C15H21N3O/c16-9-11-2-1-3-13(8-11)18-14(19)17-10-15(6-7-15)12-4-5-12/h1-3,8,12H,4-7,9-10,16H2,(H2,17,18,19). The molecule has 2 amide bonds. The van der Waals surface area contributed by atoms with Crippen LogP contribution < -0.4 is 16.4 Å². The predicted molar refractivity (Wildman–Crippen MR) is 75.7 cm³/mol. The van der Waals surface area contributed by atoms with Crippen LogP contribution in [0.4, 0.5) is 10.5 Å². The summed E-state index contributed by atoms with van der Waals surface area (Å²) in [5.74, 6) is 0.869. The van der Waals surface area contributed by atoms with Gasteiger partial charge >= 0.3 is 6.03 Å². The average molecular weight is 259 g/mol. The second kappa shape index (κ2) is 4.85. The van der Waals surface area contributed by atoms with E-state index in [1.807, 2.05) is 24.3 Å². The first-order valence-corrected chi connectivity index (χ1v) is 7.06. The highest BCUT2D eigenvalue weighted by molar-refractivity contribution is 5.89. The third-order valence-electron chi connectivity index (χ3n) is 4.36. The largest absolute Gasteiger partial charge is 0.337 e. The molecule has 0 radical (unpaired) electrons. The van der Waals surface area contributed by atoms with E-state index < -0.39 is 0 Å². The number of nitrogens with one attached hydrogen (secondary N) is 2. The Balaban J connectivity index is 1.50. The zero-order valence-corrected chi connectivity index (χ0v) is 11.1. The lowest BCUT2D eigenvalue weighted by atomic mass is 10.0. The van der Waals surface area contributed by atoms with Gasteiger partial charge in [-0.2, -0.15) is 0 Å². The van der Waals surface area contributed by atoms with Gasteiger partial charge in [-0.1, -0.05) is 12.1 Å². The summed E-state index contributed by atoms with van der Waals surface area (Å²) < 4.78 is 0. The van der Waals surface area contributed by atoms with Gasteiger partial charge in [0.2, 0.25) is 0 Å². The number of carbonyl (C=O) groups excluding carboxylic acids is 1. The van der Waals surface area contributed by atoms with Crippen molar-refractivity contribution in [1.82, 2.24) is 5.32 Å². The molecule has 19 heavy (non-hydrogen) atoms. The quantitative estimate of drug-likeness (QED) is 0.760. The van der Waals surface area contributed by atoms with E-state index >= 15 is 0 Å². The Labute approximate surface area is 113 Å². The summed E-state index contributed by atoms with van der Waals surface area (Å²) in [5, 5.41) is 5.88. The lowest BCUT2D eigenvalue weighted by Gasteiger charge is -2.15. The maximum atomic E-state index is 11.9. The van der Waals surface area contributed by atoms with Crippen molar-refractivity contribution in [2.45, 2.75) is 32.2 Å². The first-order chi connectivity index (χ1) is 9.22. The van der Waals surface area contributed by atoms with Crippen molar-refractivity contribution in [3.63, 3.8) is 0 Å². The van der Waals surface area contributed by atoms with Crippen LogP contribution in [0.3, 0.4) is 0 Å². The minimum atomic E-state index is -0.110. The Bertz CT molecular complexity index is 478. The van der Waals surface area contributed by atoms with Crippen LogP contribution in [0.5, 0.6) is 0 Å². The predicted octanol–water partition coefficient (Wildman–Crippen LogP) is 2.46. The van der Waals surface area contributed by atoms with Crippen LogP contribution in [0, 0.1) is 11.3 Å². The zero-order chi connectivity index (χ0) is 13.3.